The van der Waals surface area contributed by atoms with Crippen LogP contribution in [0, 0.1) is 0 Å². The maximum Gasteiger partial charge on any atom is 0.151 e. The molecule has 2 rings (SSSR count). The fourth-order valence-electron chi connectivity index (χ4n) is 1.23. The smallest absolute Gasteiger partial charge is 0.151 e. The number of aromatic nitrogens is 1. The zero-order chi connectivity index (χ0) is 11.4. The summed E-state index contributed by atoms with van der Waals surface area (Å²) in [6, 6.07) is 8.16. The monoisotopic (exact) mass is 251 g/mol. The van der Waals surface area contributed by atoms with Crippen molar-refractivity contribution in [1.29, 1.82) is 0 Å². The summed E-state index contributed by atoms with van der Waals surface area (Å²) in [6.45, 7) is 2.07. The lowest BCUT2D eigenvalue weighted by Crippen LogP contribution is -1.84. The van der Waals surface area contributed by atoms with E-state index in [1.54, 1.807) is 23.1 Å². The van der Waals surface area contributed by atoms with E-state index in [0.717, 1.165) is 21.2 Å². The average molecular weight is 251 g/mol. The number of fused-ring (bicyclic) bond motifs is 1. The second-order valence-electron chi connectivity index (χ2n) is 3.47. The van der Waals surface area contributed by atoms with Crippen molar-refractivity contribution in [1.82, 2.24) is 4.98 Å². The summed E-state index contributed by atoms with van der Waals surface area (Å²) in [5.74, 6) is 0.867. The third-order valence-corrected chi connectivity index (χ3v) is 4.27. The normalized spacial score (nSPS) is 12.2. The van der Waals surface area contributed by atoms with E-state index < -0.39 is 0 Å². The lowest BCUT2D eigenvalue weighted by molar-refractivity contribution is 0.331. The molecule has 1 aromatic carbocycles. The van der Waals surface area contributed by atoms with E-state index in [9.17, 15) is 0 Å². The van der Waals surface area contributed by atoms with E-state index in [4.69, 9.17) is 5.11 Å². The molecule has 0 aliphatic heterocycles. The molecular weight excluding hydrogens is 238 g/mol. The summed E-state index contributed by atoms with van der Waals surface area (Å²) in [5.41, 5.74) is 2.08. The first-order chi connectivity index (χ1) is 7.79. The van der Waals surface area contributed by atoms with E-state index in [0.29, 0.717) is 0 Å². The summed E-state index contributed by atoms with van der Waals surface area (Å²) in [4.78, 5) is 4.53. The van der Waals surface area contributed by atoms with E-state index in [2.05, 4.69) is 11.1 Å². The minimum absolute atomic E-state index is 0.139. The van der Waals surface area contributed by atoms with Crippen LogP contribution in [0.2, 0.25) is 0 Å². The third kappa shape index (κ3) is 2.84. The molecule has 0 amide bonds. The highest BCUT2D eigenvalue weighted by Crippen LogP contribution is 2.29. The molecule has 16 heavy (non-hydrogen) atoms. The Bertz CT molecular complexity index is 471. The molecule has 0 fully saturated rings. The number of hydrogen-bond donors (Lipinski definition) is 1. The van der Waals surface area contributed by atoms with Gasteiger partial charge in [-0.1, -0.05) is 35.5 Å². The van der Waals surface area contributed by atoms with Crippen LogP contribution in [0.1, 0.15) is 6.92 Å². The molecule has 1 aromatic heterocycles. The van der Waals surface area contributed by atoms with Gasteiger partial charge in [-0.15, -0.1) is 11.3 Å². The van der Waals surface area contributed by atoms with Gasteiger partial charge in [0.15, 0.2) is 4.34 Å². The minimum atomic E-state index is 0.139. The number of benzene rings is 1. The summed E-state index contributed by atoms with van der Waals surface area (Å²) >= 11 is 3.43. The molecule has 2 aromatic rings. The Labute approximate surface area is 103 Å². The number of thiazole rings is 1. The second kappa shape index (κ2) is 5.48. The molecule has 0 bridgehead atoms. The maximum absolute atomic E-state index is 8.86. The maximum atomic E-state index is 8.86. The highest BCUT2D eigenvalue weighted by Gasteiger charge is 2.02. The number of hydrogen-bond acceptors (Lipinski definition) is 4. The lowest BCUT2D eigenvalue weighted by Gasteiger charge is -1.93. The summed E-state index contributed by atoms with van der Waals surface area (Å²) in [6.07, 6.45) is 2.04. The van der Waals surface area contributed by atoms with Crippen LogP contribution in [-0.2, 0) is 0 Å². The van der Waals surface area contributed by atoms with Gasteiger partial charge < -0.3 is 5.11 Å². The quantitative estimate of drug-likeness (QED) is 0.668. The molecule has 0 saturated carbocycles. The molecule has 1 N–H and O–H groups in total. The van der Waals surface area contributed by atoms with Gasteiger partial charge in [0.2, 0.25) is 0 Å². The number of nitrogens with zero attached hydrogens (tertiary/aromatic N) is 1. The van der Waals surface area contributed by atoms with Crippen molar-refractivity contribution in [2.45, 2.75) is 11.3 Å². The van der Waals surface area contributed by atoms with Crippen LogP contribution >= 0.6 is 23.1 Å². The largest absolute Gasteiger partial charge is 0.392 e. The van der Waals surface area contributed by atoms with Gasteiger partial charge in [-0.25, -0.2) is 4.98 Å². The van der Waals surface area contributed by atoms with Gasteiger partial charge >= 0.3 is 0 Å². The fraction of sp³-hybridized carbons (Fsp3) is 0.250. The first-order valence-corrected chi connectivity index (χ1v) is 6.84. The van der Waals surface area contributed by atoms with E-state index in [-0.39, 0.29) is 6.61 Å². The molecule has 84 valence electrons. The van der Waals surface area contributed by atoms with Crippen LogP contribution in [0.15, 0.2) is 40.3 Å². The van der Waals surface area contributed by atoms with Crippen molar-refractivity contribution in [3.63, 3.8) is 0 Å². The molecule has 0 saturated heterocycles. The summed E-state index contributed by atoms with van der Waals surface area (Å²) in [7, 11) is 0. The first kappa shape index (κ1) is 11.6. The van der Waals surface area contributed by atoms with Gasteiger partial charge in [0.1, 0.15) is 0 Å². The Balaban J connectivity index is 2.05. The summed E-state index contributed by atoms with van der Waals surface area (Å²) < 4.78 is 2.32. The molecule has 4 heteroatoms. The Morgan fingerprint density at radius 2 is 2.31 bits per heavy atom. The number of para-hydroxylation sites is 1. The number of rotatable bonds is 4. The third-order valence-electron chi connectivity index (χ3n) is 2.16. The molecule has 0 atom stereocenters. The van der Waals surface area contributed by atoms with Crippen molar-refractivity contribution in [3.05, 3.63) is 35.9 Å². The van der Waals surface area contributed by atoms with Crippen molar-refractivity contribution >= 4 is 33.3 Å². The lowest BCUT2D eigenvalue weighted by atomic mass is 10.3. The SMILES string of the molecule is C/C(=C\CSc1nc2ccccc2s1)CO. The van der Waals surface area contributed by atoms with E-state index >= 15 is 0 Å². The Morgan fingerprint density at radius 1 is 1.50 bits per heavy atom. The number of thioether (sulfide) groups is 1. The highest BCUT2D eigenvalue weighted by atomic mass is 32.2. The van der Waals surface area contributed by atoms with Crippen molar-refractivity contribution < 1.29 is 5.11 Å². The van der Waals surface area contributed by atoms with Gasteiger partial charge in [-0.3, -0.25) is 0 Å². The van der Waals surface area contributed by atoms with Crippen molar-refractivity contribution in [3.8, 4) is 0 Å². The van der Waals surface area contributed by atoms with Crippen molar-refractivity contribution in [2.75, 3.05) is 12.4 Å². The molecule has 0 radical (unpaired) electrons. The van der Waals surface area contributed by atoms with Gasteiger partial charge in [0, 0.05) is 5.75 Å². The number of aliphatic hydroxyl groups excluding tert-OH is 1. The molecule has 0 aliphatic carbocycles. The fourth-order valence-corrected chi connectivity index (χ4v) is 3.31. The number of aliphatic hydroxyl groups is 1. The van der Waals surface area contributed by atoms with Crippen LogP contribution in [0.25, 0.3) is 10.2 Å². The topological polar surface area (TPSA) is 33.1 Å². The standard InChI is InChI=1S/C12H13NOS2/c1-9(8-14)6-7-15-12-13-10-4-2-3-5-11(10)16-12/h2-6,14H,7-8H2,1H3/b9-6+. The Hall–Kier alpha value is -0.840. The zero-order valence-electron chi connectivity index (χ0n) is 9.01. The first-order valence-electron chi connectivity index (χ1n) is 5.04. The minimum Gasteiger partial charge on any atom is -0.392 e. The second-order valence-corrected chi connectivity index (χ2v) is 5.76. The van der Waals surface area contributed by atoms with Gasteiger partial charge in [-0.2, -0.15) is 0 Å². The molecule has 0 aliphatic rings. The average Bonchev–Trinajstić information content (AvgIpc) is 2.71. The molecule has 0 unspecified atom stereocenters. The van der Waals surface area contributed by atoms with Gasteiger partial charge in [0.25, 0.3) is 0 Å². The van der Waals surface area contributed by atoms with Crippen LogP contribution in [0.4, 0.5) is 0 Å². The van der Waals surface area contributed by atoms with Crippen LogP contribution in [0.3, 0.4) is 0 Å². The zero-order valence-corrected chi connectivity index (χ0v) is 10.6. The molecule has 0 spiro atoms. The van der Waals surface area contributed by atoms with Crippen LogP contribution in [0.5, 0.6) is 0 Å². The van der Waals surface area contributed by atoms with Crippen LogP contribution < -0.4 is 0 Å². The Kier molecular flexibility index (Phi) is 3.98. The Morgan fingerprint density at radius 3 is 3.06 bits per heavy atom. The van der Waals surface area contributed by atoms with Crippen LogP contribution in [-0.4, -0.2) is 22.5 Å². The van der Waals surface area contributed by atoms with E-state index in [1.807, 2.05) is 31.2 Å². The van der Waals surface area contributed by atoms with Gasteiger partial charge in [-0.05, 0) is 19.1 Å². The van der Waals surface area contributed by atoms with E-state index in [1.165, 1.54) is 4.70 Å². The molecular formula is C12H13NOS2. The van der Waals surface area contributed by atoms with Gasteiger partial charge in [0.05, 0.1) is 16.8 Å². The predicted molar refractivity (Wildman–Crippen MR) is 71.2 cm³/mol. The molecule has 1 heterocycles. The molecule has 2 nitrogen and oxygen atoms in total. The van der Waals surface area contributed by atoms with Crippen molar-refractivity contribution in [2.24, 2.45) is 0 Å². The predicted octanol–water partition coefficient (Wildman–Crippen LogP) is 3.33. The highest BCUT2D eigenvalue weighted by molar-refractivity contribution is 8.01. The summed E-state index contributed by atoms with van der Waals surface area (Å²) in [5, 5.41) is 8.86.